The average molecular weight is 297 g/mol. The molecule has 112 valence electrons. The normalized spacial score (nSPS) is 13.0. The molecule has 0 saturated carbocycles. The van der Waals surface area contributed by atoms with E-state index in [4.69, 9.17) is 10.5 Å². The average Bonchev–Trinajstić information content (AvgIpc) is 2.45. The fourth-order valence-corrected chi connectivity index (χ4v) is 1.79. The number of halogens is 3. The highest BCUT2D eigenvalue weighted by Crippen LogP contribution is 2.36. The first-order valence-corrected chi connectivity index (χ1v) is 6.20. The van der Waals surface area contributed by atoms with Gasteiger partial charge in [-0.1, -0.05) is 30.3 Å². The Kier molecular flexibility index (Phi) is 4.37. The molecule has 0 amide bonds. The van der Waals surface area contributed by atoms with Gasteiger partial charge in [0.2, 0.25) is 0 Å². The Morgan fingerprint density at radius 3 is 2.33 bits per heavy atom. The third-order valence-electron chi connectivity index (χ3n) is 2.94. The van der Waals surface area contributed by atoms with E-state index in [0.29, 0.717) is 0 Å². The van der Waals surface area contributed by atoms with Gasteiger partial charge in [-0.05, 0) is 17.7 Å². The minimum atomic E-state index is -4.61. The first-order chi connectivity index (χ1) is 9.88. The van der Waals surface area contributed by atoms with Crippen LogP contribution in [0.4, 0.5) is 13.2 Å². The van der Waals surface area contributed by atoms with Gasteiger partial charge in [-0.15, -0.1) is 0 Å². The molecule has 2 rings (SSSR count). The number of benzene rings is 2. The second kappa shape index (κ2) is 6.05. The Bertz CT molecular complexity index is 600. The van der Waals surface area contributed by atoms with Gasteiger partial charge in [0.1, 0.15) is 24.1 Å². The zero-order chi connectivity index (χ0) is 15.5. The lowest BCUT2D eigenvalue weighted by Crippen LogP contribution is -2.28. The minimum Gasteiger partial charge on any atom is -0.507 e. The molecule has 0 heterocycles. The summed E-state index contributed by atoms with van der Waals surface area (Å²) in [5.41, 5.74) is 5.59. The second-order valence-corrected chi connectivity index (χ2v) is 4.51. The molecular formula is C15H14F3NO2. The van der Waals surface area contributed by atoms with Gasteiger partial charge in [0.25, 0.3) is 0 Å². The van der Waals surface area contributed by atoms with Crippen LogP contribution in [-0.2, 0) is 6.61 Å². The first kappa shape index (κ1) is 15.2. The highest BCUT2D eigenvalue weighted by atomic mass is 19.4. The monoisotopic (exact) mass is 297 g/mol. The van der Waals surface area contributed by atoms with Gasteiger partial charge in [0.05, 0.1) is 0 Å². The van der Waals surface area contributed by atoms with Crippen LogP contribution in [0.5, 0.6) is 11.5 Å². The lowest BCUT2D eigenvalue weighted by atomic mass is 10.1. The molecule has 1 atom stereocenters. The number of aromatic hydroxyl groups is 1. The molecule has 6 heteroatoms. The Labute approximate surface area is 119 Å². The van der Waals surface area contributed by atoms with Crippen molar-refractivity contribution >= 4 is 0 Å². The summed E-state index contributed by atoms with van der Waals surface area (Å²) in [6.07, 6.45) is -4.61. The second-order valence-electron chi connectivity index (χ2n) is 4.51. The molecule has 0 spiro atoms. The molecule has 0 radical (unpaired) electrons. The maximum Gasteiger partial charge on any atom is 0.407 e. The molecule has 0 bridgehead atoms. The molecule has 21 heavy (non-hydrogen) atoms. The van der Waals surface area contributed by atoms with E-state index in [0.717, 1.165) is 17.7 Å². The Balaban J connectivity index is 2.09. The topological polar surface area (TPSA) is 55.5 Å². The Morgan fingerprint density at radius 2 is 1.76 bits per heavy atom. The van der Waals surface area contributed by atoms with Crippen LogP contribution >= 0.6 is 0 Å². The SMILES string of the molecule is N[C@H](c1ccc(OCc2ccccc2)cc1O)C(F)(F)F. The summed E-state index contributed by atoms with van der Waals surface area (Å²) in [7, 11) is 0. The van der Waals surface area contributed by atoms with E-state index in [-0.39, 0.29) is 17.9 Å². The van der Waals surface area contributed by atoms with Gasteiger partial charge in [0.15, 0.2) is 0 Å². The predicted molar refractivity (Wildman–Crippen MR) is 71.9 cm³/mol. The minimum absolute atomic E-state index is 0.255. The molecule has 2 aromatic carbocycles. The summed E-state index contributed by atoms with van der Waals surface area (Å²) in [6, 6.07) is 10.6. The number of rotatable bonds is 4. The molecule has 0 aliphatic heterocycles. The van der Waals surface area contributed by atoms with Crippen molar-refractivity contribution in [2.45, 2.75) is 18.8 Å². The van der Waals surface area contributed by atoms with Crippen LogP contribution in [0.3, 0.4) is 0 Å². The van der Waals surface area contributed by atoms with Crippen LogP contribution in [-0.4, -0.2) is 11.3 Å². The molecule has 0 saturated heterocycles. The van der Waals surface area contributed by atoms with Gasteiger partial charge in [-0.3, -0.25) is 0 Å². The van der Waals surface area contributed by atoms with Crippen molar-refractivity contribution in [2.75, 3.05) is 0 Å². The highest BCUT2D eigenvalue weighted by molar-refractivity contribution is 5.42. The Hall–Kier alpha value is -2.21. The van der Waals surface area contributed by atoms with E-state index in [1.54, 1.807) is 0 Å². The number of phenols is 1. The van der Waals surface area contributed by atoms with E-state index < -0.39 is 18.0 Å². The van der Waals surface area contributed by atoms with Crippen molar-refractivity contribution in [3.63, 3.8) is 0 Å². The zero-order valence-electron chi connectivity index (χ0n) is 11.0. The summed E-state index contributed by atoms with van der Waals surface area (Å²) >= 11 is 0. The number of hydrogen-bond acceptors (Lipinski definition) is 3. The van der Waals surface area contributed by atoms with Crippen LogP contribution in [0, 0.1) is 0 Å². The van der Waals surface area contributed by atoms with Gasteiger partial charge >= 0.3 is 6.18 Å². The maximum atomic E-state index is 12.5. The van der Waals surface area contributed by atoms with Crippen LogP contribution in [0.25, 0.3) is 0 Å². The fraction of sp³-hybridized carbons (Fsp3) is 0.200. The summed E-state index contributed by atoms with van der Waals surface area (Å²) in [4.78, 5) is 0. The van der Waals surface area contributed by atoms with Crippen molar-refractivity contribution < 1.29 is 23.0 Å². The number of hydrogen-bond donors (Lipinski definition) is 2. The van der Waals surface area contributed by atoms with Gasteiger partial charge in [0, 0.05) is 11.6 Å². The smallest absolute Gasteiger partial charge is 0.407 e. The fourth-order valence-electron chi connectivity index (χ4n) is 1.79. The summed E-state index contributed by atoms with van der Waals surface area (Å²) in [5.74, 6) is -0.264. The number of ether oxygens (including phenoxy) is 1. The number of nitrogens with two attached hydrogens (primary N) is 1. The molecule has 3 nitrogen and oxygen atoms in total. The van der Waals surface area contributed by atoms with Crippen molar-refractivity contribution in [3.05, 3.63) is 59.7 Å². The third-order valence-corrected chi connectivity index (χ3v) is 2.94. The number of phenolic OH excluding ortho intramolecular Hbond substituents is 1. The van der Waals surface area contributed by atoms with Gasteiger partial charge in [-0.2, -0.15) is 13.2 Å². The summed E-state index contributed by atoms with van der Waals surface area (Å²) < 4.78 is 43.0. The van der Waals surface area contributed by atoms with E-state index in [9.17, 15) is 18.3 Å². The molecule has 3 N–H and O–H groups in total. The maximum absolute atomic E-state index is 12.5. The van der Waals surface area contributed by atoms with Crippen LogP contribution in [0.15, 0.2) is 48.5 Å². The van der Waals surface area contributed by atoms with E-state index >= 15 is 0 Å². The predicted octanol–water partition coefficient (Wildman–Crippen LogP) is 3.53. The molecule has 2 aromatic rings. The van der Waals surface area contributed by atoms with Crippen molar-refractivity contribution in [2.24, 2.45) is 5.73 Å². The highest BCUT2D eigenvalue weighted by Gasteiger charge is 2.39. The van der Waals surface area contributed by atoms with Crippen LogP contribution in [0.2, 0.25) is 0 Å². The van der Waals surface area contributed by atoms with Crippen molar-refractivity contribution in [1.82, 2.24) is 0 Å². The lowest BCUT2D eigenvalue weighted by molar-refractivity contribution is -0.149. The zero-order valence-corrected chi connectivity index (χ0v) is 11.0. The quantitative estimate of drug-likeness (QED) is 0.907. The van der Waals surface area contributed by atoms with Crippen molar-refractivity contribution in [3.8, 4) is 11.5 Å². The van der Waals surface area contributed by atoms with Gasteiger partial charge < -0.3 is 15.6 Å². The molecule has 0 aliphatic rings. The Morgan fingerprint density at radius 1 is 1.10 bits per heavy atom. The van der Waals surface area contributed by atoms with Crippen LogP contribution in [0.1, 0.15) is 17.2 Å². The van der Waals surface area contributed by atoms with Crippen molar-refractivity contribution in [1.29, 1.82) is 0 Å². The van der Waals surface area contributed by atoms with E-state index in [1.807, 2.05) is 30.3 Å². The molecule has 0 aromatic heterocycles. The van der Waals surface area contributed by atoms with Gasteiger partial charge in [-0.25, -0.2) is 0 Å². The summed E-state index contributed by atoms with van der Waals surface area (Å²) in [5, 5.41) is 9.66. The number of alkyl halides is 3. The lowest BCUT2D eigenvalue weighted by Gasteiger charge is -2.17. The standard InChI is InChI=1S/C15H14F3NO2/c16-15(17,18)14(19)12-7-6-11(8-13(12)20)21-9-10-4-2-1-3-5-10/h1-8,14,20H,9,19H2/t14-/m1/s1. The molecule has 0 aliphatic carbocycles. The van der Waals surface area contributed by atoms with Crippen LogP contribution < -0.4 is 10.5 Å². The summed E-state index contributed by atoms with van der Waals surface area (Å²) in [6.45, 7) is 0.255. The first-order valence-electron chi connectivity index (χ1n) is 6.20. The molecule has 0 unspecified atom stereocenters. The largest absolute Gasteiger partial charge is 0.507 e. The van der Waals surface area contributed by atoms with E-state index in [1.165, 1.54) is 6.07 Å². The molecular weight excluding hydrogens is 283 g/mol. The molecule has 0 fully saturated rings. The van der Waals surface area contributed by atoms with E-state index in [2.05, 4.69) is 0 Å². The third kappa shape index (κ3) is 3.88.